The second-order valence-corrected chi connectivity index (χ2v) is 9.11. The minimum Gasteiger partial charge on any atom is -0.450 e. The molecule has 0 aliphatic rings. The summed E-state index contributed by atoms with van der Waals surface area (Å²) in [7, 11) is 0. The molecule has 8 nitrogen and oxygen atoms in total. The van der Waals surface area contributed by atoms with Crippen LogP contribution in [0.5, 0.6) is 0 Å². The average Bonchev–Trinajstić information content (AvgIpc) is 2.85. The number of nitrogens with zero attached hydrogens (tertiary/aromatic N) is 1. The summed E-state index contributed by atoms with van der Waals surface area (Å²) in [4.78, 5) is 39.8. The van der Waals surface area contributed by atoms with Gasteiger partial charge in [0.25, 0.3) is 11.8 Å². The molecule has 2 atom stereocenters. The summed E-state index contributed by atoms with van der Waals surface area (Å²) in [5.74, 6) is -2.36. The Balaban J connectivity index is 2.30. The lowest BCUT2D eigenvalue weighted by Crippen LogP contribution is -2.49. The fourth-order valence-electron chi connectivity index (χ4n) is 4.10. The van der Waals surface area contributed by atoms with Gasteiger partial charge in [-0.1, -0.05) is 13.8 Å². The van der Waals surface area contributed by atoms with E-state index in [4.69, 9.17) is 4.74 Å². The van der Waals surface area contributed by atoms with Crippen LogP contribution >= 0.6 is 0 Å². The van der Waals surface area contributed by atoms with Crippen LogP contribution in [0.3, 0.4) is 0 Å². The van der Waals surface area contributed by atoms with Crippen molar-refractivity contribution in [3.63, 3.8) is 0 Å². The topological polar surface area (TPSA) is 108 Å². The maximum absolute atomic E-state index is 13.8. The van der Waals surface area contributed by atoms with E-state index in [-0.39, 0.29) is 36.6 Å². The first kappa shape index (κ1) is 30.7. The van der Waals surface area contributed by atoms with Gasteiger partial charge in [-0.15, -0.1) is 0 Å². The van der Waals surface area contributed by atoms with Crippen molar-refractivity contribution in [2.24, 2.45) is 0 Å². The van der Waals surface area contributed by atoms with E-state index in [0.717, 1.165) is 31.0 Å². The van der Waals surface area contributed by atoms with Gasteiger partial charge in [0.1, 0.15) is 11.6 Å². The first-order valence-corrected chi connectivity index (χ1v) is 12.8. The molecule has 2 aromatic rings. The van der Waals surface area contributed by atoms with E-state index < -0.39 is 35.8 Å². The fraction of sp³-hybridized carbons (Fsp3) is 0.464. The predicted octanol–water partition coefficient (Wildman–Crippen LogP) is 3.98. The van der Waals surface area contributed by atoms with Gasteiger partial charge in [-0.3, -0.25) is 9.59 Å². The van der Waals surface area contributed by atoms with Crippen LogP contribution in [0.1, 0.15) is 65.5 Å². The second-order valence-electron chi connectivity index (χ2n) is 9.11. The molecule has 0 aromatic heterocycles. The number of aliphatic hydroxyl groups excluding tert-OH is 1. The molecule has 208 valence electrons. The highest BCUT2D eigenvalue weighted by Gasteiger charge is 2.25. The number of aliphatic hydroxyl groups is 1. The minimum absolute atomic E-state index is 0.121. The molecule has 0 saturated heterocycles. The monoisotopic (exact) mass is 533 g/mol. The lowest BCUT2D eigenvalue weighted by Gasteiger charge is -2.25. The van der Waals surface area contributed by atoms with Crippen molar-refractivity contribution in [1.29, 1.82) is 0 Å². The third-order valence-electron chi connectivity index (χ3n) is 5.75. The number of ether oxygens (including phenoxy) is 1. The molecular formula is C28H37F2N3O5. The number of carbonyl (C=O) groups excluding carboxylic acids is 3. The molecule has 0 saturated carbocycles. The molecule has 38 heavy (non-hydrogen) atoms. The van der Waals surface area contributed by atoms with Crippen molar-refractivity contribution in [2.45, 2.75) is 59.1 Å². The van der Waals surface area contributed by atoms with Crippen molar-refractivity contribution in [2.75, 3.05) is 26.2 Å². The highest BCUT2D eigenvalue weighted by molar-refractivity contribution is 6.00. The Kier molecular flexibility index (Phi) is 12.1. The van der Waals surface area contributed by atoms with Crippen molar-refractivity contribution < 1.29 is 33.0 Å². The Hall–Kier alpha value is -3.53. The fourth-order valence-corrected chi connectivity index (χ4v) is 4.10. The molecule has 0 aliphatic carbocycles. The van der Waals surface area contributed by atoms with E-state index in [1.165, 1.54) is 6.07 Å². The van der Waals surface area contributed by atoms with E-state index in [1.54, 1.807) is 30.9 Å². The number of halogens is 2. The van der Waals surface area contributed by atoms with Crippen LogP contribution in [-0.2, 0) is 11.2 Å². The number of carbonyl (C=O) groups is 3. The molecule has 0 unspecified atom stereocenters. The van der Waals surface area contributed by atoms with Gasteiger partial charge in [-0.05, 0) is 74.6 Å². The first-order chi connectivity index (χ1) is 18.1. The van der Waals surface area contributed by atoms with Crippen LogP contribution in [0.15, 0.2) is 36.4 Å². The summed E-state index contributed by atoms with van der Waals surface area (Å²) in [5.41, 5.74) is 1.47. The summed E-state index contributed by atoms with van der Waals surface area (Å²) in [6, 6.07) is 6.72. The largest absolute Gasteiger partial charge is 0.450 e. The molecule has 3 amide bonds. The van der Waals surface area contributed by atoms with Crippen LogP contribution in [-0.4, -0.2) is 66.3 Å². The molecule has 0 radical (unpaired) electrons. The van der Waals surface area contributed by atoms with Crippen molar-refractivity contribution >= 4 is 17.9 Å². The highest BCUT2D eigenvalue weighted by Crippen LogP contribution is 2.16. The van der Waals surface area contributed by atoms with E-state index in [0.29, 0.717) is 24.2 Å². The molecule has 10 heteroatoms. The Bertz CT molecular complexity index is 1090. The zero-order chi connectivity index (χ0) is 28.2. The van der Waals surface area contributed by atoms with E-state index in [2.05, 4.69) is 10.6 Å². The highest BCUT2D eigenvalue weighted by atomic mass is 19.1. The van der Waals surface area contributed by atoms with Gasteiger partial charge in [0, 0.05) is 36.8 Å². The molecule has 3 N–H and O–H groups in total. The van der Waals surface area contributed by atoms with Crippen molar-refractivity contribution in [3.05, 3.63) is 70.3 Å². The number of hydrogen-bond acceptors (Lipinski definition) is 5. The van der Waals surface area contributed by atoms with Gasteiger partial charge < -0.3 is 25.4 Å². The Morgan fingerprint density at radius 2 is 1.55 bits per heavy atom. The molecule has 2 aromatic carbocycles. The maximum atomic E-state index is 13.8. The van der Waals surface area contributed by atoms with Gasteiger partial charge in [0.2, 0.25) is 0 Å². The third-order valence-corrected chi connectivity index (χ3v) is 5.75. The molecule has 0 bridgehead atoms. The van der Waals surface area contributed by atoms with Crippen molar-refractivity contribution in [3.8, 4) is 0 Å². The predicted molar refractivity (Wildman–Crippen MR) is 140 cm³/mol. The molecule has 0 heterocycles. The van der Waals surface area contributed by atoms with E-state index >= 15 is 0 Å². The summed E-state index contributed by atoms with van der Waals surface area (Å²) in [5, 5.41) is 15.9. The smallest absolute Gasteiger partial charge is 0.407 e. The van der Waals surface area contributed by atoms with Crippen LogP contribution in [0, 0.1) is 18.6 Å². The number of hydrogen-bond donors (Lipinski definition) is 3. The van der Waals surface area contributed by atoms with Crippen LogP contribution in [0.2, 0.25) is 0 Å². The summed E-state index contributed by atoms with van der Waals surface area (Å²) in [6.45, 7) is 8.40. The van der Waals surface area contributed by atoms with Crippen LogP contribution < -0.4 is 10.6 Å². The minimum atomic E-state index is -1.31. The lowest BCUT2D eigenvalue weighted by molar-refractivity contribution is 0.0755. The molecule has 2 rings (SSSR count). The first-order valence-electron chi connectivity index (χ1n) is 12.8. The normalized spacial score (nSPS) is 12.4. The molecule has 0 spiro atoms. The number of aryl methyl sites for hydroxylation is 1. The summed E-state index contributed by atoms with van der Waals surface area (Å²) >= 11 is 0. The average molecular weight is 534 g/mol. The maximum Gasteiger partial charge on any atom is 0.407 e. The van der Waals surface area contributed by atoms with E-state index in [1.807, 2.05) is 13.8 Å². The standard InChI is InChI=1S/C28H37F2N3O5/c1-5-8-33(9-6-2)27(36)21-11-18(4)10-20(15-21)26(35)32-24(25(34)17-31-28(37)38-7-3)14-19-12-22(29)16-23(30)13-19/h10-13,15-16,24-25,34H,5-9,14,17H2,1-4H3,(H,31,37)(H,32,35)/t24-,25+/m0/s1. The quantitative estimate of drug-likeness (QED) is 0.361. The molecule has 0 fully saturated rings. The Labute approximate surface area is 222 Å². The number of amides is 3. The Morgan fingerprint density at radius 1 is 0.947 bits per heavy atom. The van der Waals surface area contributed by atoms with Gasteiger partial charge in [-0.2, -0.15) is 0 Å². The number of nitrogens with one attached hydrogen (secondary N) is 2. The SMILES string of the molecule is CCCN(CCC)C(=O)c1cc(C)cc(C(=O)N[C@@H](Cc2cc(F)cc(F)c2)[C@H](O)CNC(=O)OCC)c1. The van der Waals surface area contributed by atoms with Gasteiger partial charge in [0.15, 0.2) is 0 Å². The van der Waals surface area contributed by atoms with Crippen LogP contribution in [0.25, 0.3) is 0 Å². The molecule has 0 aliphatic heterocycles. The Morgan fingerprint density at radius 3 is 2.13 bits per heavy atom. The van der Waals surface area contributed by atoms with Crippen LogP contribution in [0.4, 0.5) is 13.6 Å². The zero-order valence-electron chi connectivity index (χ0n) is 22.4. The molecular weight excluding hydrogens is 496 g/mol. The number of benzene rings is 2. The third kappa shape index (κ3) is 9.41. The summed E-state index contributed by atoms with van der Waals surface area (Å²) < 4.78 is 32.4. The zero-order valence-corrected chi connectivity index (χ0v) is 22.4. The second kappa shape index (κ2) is 15.0. The van der Waals surface area contributed by atoms with Gasteiger partial charge in [0.05, 0.1) is 18.8 Å². The van der Waals surface area contributed by atoms with Crippen molar-refractivity contribution in [1.82, 2.24) is 15.5 Å². The lowest BCUT2D eigenvalue weighted by atomic mass is 9.99. The van der Waals surface area contributed by atoms with Gasteiger partial charge in [-0.25, -0.2) is 13.6 Å². The van der Waals surface area contributed by atoms with E-state index in [9.17, 15) is 28.3 Å². The van der Waals surface area contributed by atoms with Gasteiger partial charge >= 0.3 is 6.09 Å². The number of alkyl carbamates (subject to hydrolysis) is 1. The number of rotatable bonds is 13. The summed E-state index contributed by atoms with van der Waals surface area (Å²) in [6.07, 6.45) is -0.593.